The molecule has 0 saturated carbocycles. The summed E-state index contributed by atoms with van der Waals surface area (Å²) in [4.78, 5) is 43.8. The Bertz CT molecular complexity index is 1510. The maximum atomic E-state index is 13.3. The smallest absolute Gasteiger partial charge is 0.291 e. The van der Waals surface area contributed by atoms with Gasteiger partial charge in [-0.15, -0.1) is 11.3 Å². The van der Waals surface area contributed by atoms with E-state index in [0.29, 0.717) is 44.9 Å². The molecule has 2 heterocycles. The van der Waals surface area contributed by atoms with Crippen LogP contribution in [0.5, 0.6) is 11.5 Å². The van der Waals surface area contributed by atoms with E-state index in [0.717, 1.165) is 16.4 Å². The molecule has 0 saturated heterocycles. The average molecular weight is 618 g/mol. The highest BCUT2D eigenvalue weighted by Gasteiger charge is 2.24. The lowest BCUT2D eigenvalue weighted by molar-refractivity contribution is -0.119. The summed E-state index contributed by atoms with van der Waals surface area (Å²) in [5, 5.41) is 4.25. The zero-order chi connectivity index (χ0) is 27.1. The molecule has 0 aliphatic heterocycles. The zero-order valence-electron chi connectivity index (χ0n) is 20.6. The van der Waals surface area contributed by atoms with Crippen LogP contribution < -0.4 is 25.8 Å². The van der Waals surface area contributed by atoms with Gasteiger partial charge in [0.2, 0.25) is 5.91 Å². The highest BCUT2D eigenvalue weighted by atomic mass is 79.9. The fraction of sp³-hybridized carbons (Fsp3) is 0.231. The van der Waals surface area contributed by atoms with Crippen molar-refractivity contribution in [1.29, 1.82) is 0 Å². The summed E-state index contributed by atoms with van der Waals surface area (Å²) >= 11 is 5.70. The standard InChI is InChI=1S/C26H25BrN4O5S2/c1-3-21(24(33)28-17-10-6-8-12-20(17)35-4-2)38-26-29-18-13-14-37-23(18)25(34)31(26)30-22(32)15-36-19-11-7-5-9-16(19)27/h5-14,21H,3-4,15H2,1-2H3,(H,28,33)(H,30,32)/t21-/m1/s1. The number of benzene rings is 2. The van der Waals surface area contributed by atoms with Gasteiger partial charge in [-0.25, -0.2) is 4.98 Å². The Morgan fingerprint density at radius 1 is 1.08 bits per heavy atom. The van der Waals surface area contributed by atoms with Gasteiger partial charge in [0, 0.05) is 0 Å². The number of hydrogen-bond donors (Lipinski definition) is 2. The van der Waals surface area contributed by atoms with E-state index in [4.69, 9.17) is 9.47 Å². The number of thiophene rings is 1. The molecule has 0 fully saturated rings. The molecule has 0 unspecified atom stereocenters. The van der Waals surface area contributed by atoms with E-state index >= 15 is 0 Å². The van der Waals surface area contributed by atoms with Crippen molar-refractivity contribution in [3.63, 3.8) is 0 Å². The number of halogens is 1. The average Bonchev–Trinajstić information content (AvgIpc) is 3.39. The minimum absolute atomic E-state index is 0.190. The van der Waals surface area contributed by atoms with Crippen molar-refractivity contribution in [2.45, 2.75) is 30.7 Å². The number of carbonyl (C=O) groups is 2. The first-order valence-corrected chi connectivity index (χ1v) is 14.3. The third kappa shape index (κ3) is 6.55. The van der Waals surface area contributed by atoms with Crippen LogP contribution in [-0.2, 0) is 9.59 Å². The number of nitrogens with zero attached hydrogens (tertiary/aromatic N) is 2. The molecule has 0 radical (unpaired) electrons. The number of para-hydroxylation sites is 3. The molecule has 4 rings (SSSR count). The highest BCUT2D eigenvalue weighted by Crippen LogP contribution is 2.29. The molecule has 4 aromatic rings. The van der Waals surface area contributed by atoms with Crippen LogP contribution in [0.25, 0.3) is 10.2 Å². The lowest BCUT2D eigenvalue weighted by Crippen LogP contribution is -2.37. The number of ether oxygens (including phenoxy) is 2. The Balaban J connectivity index is 1.56. The molecule has 38 heavy (non-hydrogen) atoms. The van der Waals surface area contributed by atoms with Crippen molar-refractivity contribution in [1.82, 2.24) is 9.66 Å². The van der Waals surface area contributed by atoms with E-state index in [1.807, 2.05) is 32.0 Å². The molecule has 0 spiro atoms. The lowest BCUT2D eigenvalue weighted by atomic mass is 10.2. The first kappa shape index (κ1) is 27.7. The molecule has 2 aromatic heterocycles. The van der Waals surface area contributed by atoms with Gasteiger partial charge in [-0.3, -0.25) is 19.8 Å². The predicted octanol–water partition coefficient (Wildman–Crippen LogP) is 5.28. The molecule has 2 amide bonds. The second kappa shape index (κ2) is 12.9. The molecule has 0 aliphatic rings. The molecule has 9 nitrogen and oxygen atoms in total. The minimum Gasteiger partial charge on any atom is -0.492 e. The quantitative estimate of drug-likeness (QED) is 0.174. The second-order valence-corrected chi connectivity index (χ2v) is 10.8. The van der Waals surface area contributed by atoms with Crippen molar-refractivity contribution in [3.05, 3.63) is 74.8 Å². The molecule has 0 aliphatic carbocycles. The molecule has 1 atom stereocenters. The van der Waals surface area contributed by atoms with Gasteiger partial charge in [0.15, 0.2) is 11.8 Å². The molecule has 12 heteroatoms. The van der Waals surface area contributed by atoms with Crippen LogP contribution in [0.1, 0.15) is 20.3 Å². The number of fused-ring (bicyclic) bond motifs is 1. The van der Waals surface area contributed by atoms with Gasteiger partial charge < -0.3 is 14.8 Å². The Kier molecular flexibility index (Phi) is 9.43. The van der Waals surface area contributed by atoms with Crippen LogP contribution in [0.15, 0.2) is 74.4 Å². The zero-order valence-corrected chi connectivity index (χ0v) is 23.8. The highest BCUT2D eigenvalue weighted by molar-refractivity contribution is 9.10. The summed E-state index contributed by atoms with van der Waals surface area (Å²) in [5.74, 6) is 0.228. The summed E-state index contributed by atoms with van der Waals surface area (Å²) in [6.07, 6.45) is 0.448. The fourth-order valence-corrected chi connectivity index (χ4v) is 5.58. The first-order chi connectivity index (χ1) is 18.4. The summed E-state index contributed by atoms with van der Waals surface area (Å²) in [6, 6.07) is 16.0. The number of thioether (sulfide) groups is 1. The van der Waals surface area contributed by atoms with Crippen LogP contribution in [0, 0.1) is 0 Å². The third-order valence-electron chi connectivity index (χ3n) is 5.24. The van der Waals surface area contributed by atoms with E-state index in [1.165, 1.54) is 11.3 Å². The molecule has 2 N–H and O–H groups in total. The number of hydrogen-bond acceptors (Lipinski definition) is 8. The monoisotopic (exact) mass is 616 g/mol. The maximum absolute atomic E-state index is 13.3. The van der Waals surface area contributed by atoms with Crippen LogP contribution in [0.4, 0.5) is 5.69 Å². The number of anilines is 1. The van der Waals surface area contributed by atoms with E-state index in [1.54, 1.807) is 41.8 Å². The largest absolute Gasteiger partial charge is 0.492 e. The van der Waals surface area contributed by atoms with Crippen molar-refractivity contribution < 1.29 is 19.1 Å². The second-order valence-electron chi connectivity index (χ2n) is 7.86. The van der Waals surface area contributed by atoms with Gasteiger partial charge in [0.05, 0.1) is 27.5 Å². The molecule has 2 aromatic carbocycles. The maximum Gasteiger partial charge on any atom is 0.291 e. The Hall–Kier alpha value is -3.35. The van der Waals surface area contributed by atoms with Gasteiger partial charge in [-0.2, -0.15) is 4.68 Å². The number of nitrogens with one attached hydrogen (secondary N) is 2. The van der Waals surface area contributed by atoms with Crippen LogP contribution >= 0.6 is 39.0 Å². The van der Waals surface area contributed by atoms with Gasteiger partial charge in [-0.1, -0.05) is 43.0 Å². The topological polar surface area (TPSA) is 112 Å². The summed E-state index contributed by atoms with van der Waals surface area (Å²) in [6.45, 7) is 3.86. The Labute approximate surface area is 235 Å². The number of aromatic nitrogens is 2. The lowest BCUT2D eigenvalue weighted by Gasteiger charge is -2.19. The molecular formula is C26H25BrN4O5S2. The summed E-state index contributed by atoms with van der Waals surface area (Å²) in [5.41, 5.74) is 3.20. The summed E-state index contributed by atoms with van der Waals surface area (Å²) < 4.78 is 13.4. The van der Waals surface area contributed by atoms with Crippen LogP contribution in [0.2, 0.25) is 0 Å². The van der Waals surface area contributed by atoms with Crippen LogP contribution in [0.3, 0.4) is 0 Å². The van der Waals surface area contributed by atoms with Crippen molar-refractivity contribution in [3.8, 4) is 11.5 Å². The summed E-state index contributed by atoms with van der Waals surface area (Å²) in [7, 11) is 0. The van der Waals surface area contributed by atoms with E-state index in [9.17, 15) is 14.4 Å². The SMILES string of the molecule is CCOc1ccccc1NC(=O)[C@@H](CC)Sc1nc2ccsc2c(=O)n1NC(=O)COc1ccccc1Br. The third-order valence-corrected chi connectivity index (χ3v) is 8.10. The minimum atomic E-state index is -0.604. The Morgan fingerprint density at radius 2 is 1.82 bits per heavy atom. The molecule has 198 valence electrons. The van der Waals surface area contributed by atoms with Crippen molar-refractivity contribution in [2.75, 3.05) is 24.0 Å². The number of rotatable bonds is 11. The molecular weight excluding hydrogens is 592 g/mol. The van der Waals surface area contributed by atoms with E-state index < -0.39 is 16.7 Å². The van der Waals surface area contributed by atoms with E-state index in [-0.39, 0.29) is 17.7 Å². The Morgan fingerprint density at radius 3 is 2.55 bits per heavy atom. The first-order valence-electron chi connectivity index (χ1n) is 11.8. The van der Waals surface area contributed by atoms with Gasteiger partial charge in [-0.05, 0) is 65.0 Å². The van der Waals surface area contributed by atoms with Gasteiger partial charge in [0.25, 0.3) is 11.5 Å². The van der Waals surface area contributed by atoms with E-state index in [2.05, 4.69) is 31.7 Å². The number of carbonyl (C=O) groups excluding carboxylic acids is 2. The van der Waals surface area contributed by atoms with Gasteiger partial charge in [0.1, 0.15) is 16.2 Å². The number of amides is 2. The van der Waals surface area contributed by atoms with Crippen molar-refractivity contribution in [2.24, 2.45) is 0 Å². The predicted molar refractivity (Wildman–Crippen MR) is 154 cm³/mol. The van der Waals surface area contributed by atoms with Crippen molar-refractivity contribution >= 4 is 66.7 Å². The van der Waals surface area contributed by atoms with Crippen LogP contribution in [-0.4, -0.2) is 39.9 Å². The fourth-order valence-electron chi connectivity index (χ4n) is 3.45. The normalized spacial score (nSPS) is 11.7. The molecule has 0 bridgehead atoms. The van der Waals surface area contributed by atoms with Gasteiger partial charge >= 0.3 is 0 Å².